The first-order chi connectivity index (χ1) is 18.8. The van der Waals surface area contributed by atoms with E-state index in [0.717, 1.165) is 29.9 Å². The van der Waals surface area contributed by atoms with Crippen LogP contribution in [0.25, 0.3) is 43.9 Å². The lowest BCUT2D eigenvalue weighted by Crippen LogP contribution is -2.32. The van der Waals surface area contributed by atoms with Crippen molar-refractivity contribution in [2.75, 3.05) is 0 Å². The van der Waals surface area contributed by atoms with Crippen LogP contribution in [0.15, 0.2) is 59.1 Å². The molecule has 2 heteroatoms. The number of rotatable bonds is 5. The predicted molar refractivity (Wildman–Crippen MR) is 159 cm³/mol. The maximum atomic E-state index is 8.99. The van der Waals surface area contributed by atoms with Crippen LogP contribution in [0.5, 0.6) is 0 Å². The van der Waals surface area contributed by atoms with Crippen LogP contribution in [0.3, 0.4) is 0 Å². The minimum absolute atomic E-state index is 0.509. The molecular weight excluding hydrogens is 462 g/mol. The smallest absolute Gasteiger partial charge is 0.221 e. The summed E-state index contributed by atoms with van der Waals surface area (Å²) in [6.45, 7) is 9.11. The van der Waals surface area contributed by atoms with Gasteiger partial charge in [-0.2, -0.15) is 0 Å². The lowest BCUT2D eigenvalue weighted by Gasteiger charge is -2.15. The summed E-state index contributed by atoms with van der Waals surface area (Å²) in [5.74, 6) is 1.30. The molecule has 1 fully saturated rings. The summed E-state index contributed by atoms with van der Waals surface area (Å²) in [5.41, 5.74) is 12.3. The van der Waals surface area contributed by atoms with Crippen molar-refractivity contribution in [2.45, 2.75) is 66.2 Å². The van der Waals surface area contributed by atoms with Crippen molar-refractivity contribution in [3.63, 3.8) is 0 Å². The third-order valence-electron chi connectivity index (χ3n) is 9.13. The van der Waals surface area contributed by atoms with Gasteiger partial charge >= 0.3 is 0 Å². The minimum atomic E-state index is 0.509. The van der Waals surface area contributed by atoms with Crippen molar-refractivity contribution in [3.05, 3.63) is 88.2 Å². The number of pyridine rings is 1. The molecule has 7 rings (SSSR count). The molecule has 0 N–H and O–H groups in total. The molecular formula is C36H38NO+. The van der Waals surface area contributed by atoms with Crippen LogP contribution in [0.1, 0.15) is 80.8 Å². The summed E-state index contributed by atoms with van der Waals surface area (Å²) in [5, 5.41) is 4.86. The molecule has 0 saturated heterocycles. The van der Waals surface area contributed by atoms with Gasteiger partial charge in [-0.15, -0.1) is 0 Å². The van der Waals surface area contributed by atoms with Crippen molar-refractivity contribution < 1.29 is 10.4 Å². The van der Waals surface area contributed by atoms with E-state index in [4.69, 9.17) is 5.79 Å². The van der Waals surface area contributed by atoms with E-state index in [1.54, 1.807) is 0 Å². The number of hydrogen-bond acceptors (Lipinski definition) is 1. The molecule has 2 heterocycles. The summed E-state index contributed by atoms with van der Waals surface area (Å²) < 4.78 is 17.8. The second-order valence-electron chi connectivity index (χ2n) is 12.3. The Hall–Kier alpha value is -3.39. The van der Waals surface area contributed by atoms with Crippen molar-refractivity contribution in [1.82, 2.24) is 0 Å². The Morgan fingerprint density at radius 3 is 2.61 bits per heavy atom. The first kappa shape index (κ1) is 22.6. The van der Waals surface area contributed by atoms with Gasteiger partial charge in [-0.25, -0.2) is 4.57 Å². The highest BCUT2D eigenvalue weighted by Crippen LogP contribution is 2.50. The van der Waals surface area contributed by atoms with Crippen molar-refractivity contribution >= 4 is 43.9 Å². The van der Waals surface area contributed by atoms with Gasteiger partial charge < -0.3 is 4.42 Å². The highest BCUT2D eigenvalue weighted by atomic mass is 16.3. The van der Waals surface area contributed by atoms with Gasteiger partial charge in [-0.1, -0.05) is 69.9 Å². The molecule has 5 aromatic rings. The van der Waals surface area contributed by atoms with Crippen molar-refractivity contribution in [2.24, 2.45) is 18.9 Å². The lowest BCUT2D eigenvalue weighted by atomic mass is 9.87. The fourth-order valence-electron chi connectivity index (χ4n) is 7.25. The van der Waals surface area contributed by atoms with E-state index in [-0.39, 0.29) is 0 Å². The molecule has 2 aliphatic rings. The fraction of sp³-hybridized carbons (Fsp3) is 0.361. The van der Waals surface area contributed by atoms with Gasteiger partial charge in [-0.05, 0) is 83.9 Å². The highest BCUT2D eigenvalue weighted by Gasteiger charge is 2.36. The molecule has 38 heavy (non-hydrogen) atoms. The zero-order valence-corrected chi connectivity index (χ0v) is 23.4. The van der Waals surface area contributed by atoms with E-state index in [1.807, 2.05) is 0 Å². The van der Waals surface area contributed by atoms with Crippen LogP contribution >= 0.6 is 0 Å². The van der Waals surface area contributed by atoms with E-state index in [0.29, 0.717) is 12.1 Å². The molecule has 1 saturated carbocycles. The molecule has 0 spiro atoms. The molecule has 192 valence electrons. The highest BCUT2D eigenvalue weighted by molar-refractivity contribution is 6.20. The molecule has 2 nitrogen and oxygen atoms in total. The van der Waals surface area contributed by atoms with Gasteiger partial charge in [-0.3, -0.25) is 0 Å². The Kier molecular flexibility index (Phi) is 5.25. The molecule has 0 atom stereocenters. The van der Waals surface area contributed by atoms with Crippen LogP contribution in [0.4, 0.5) is 0 Å². The average molecular weight is 502 g/mol. The topological polar surface area (TPSA) is 17.0 Å². The van der Waals surface area contributed by atoms with Crippen LogP contribution in [0.2, 0.25) is 0 Å². The number of furan rings is 1. The molecule has 2 aromatic heterocycles. The summed E-state index contributed by atoms with van der Waals surface area (Å²) in [6.07, 6.45) is 8.12. The van der Waals surface area contributed by atoms with E-state index in [9.17, 15) is 0 Å². The number of benzene rings is 3. The van der Waals surface area contributed by atoms with Crippen LogP contribution in [-0.4, -0.2) is 0 Å². The van der Waals surface area contributed by atoms with Gasteiger partial charge in [0.1, 0.15) is 19.6 Å². The van der Waals surface area contributed by atoms with Gasteiger partial charge in [0.15, 0.2) is 6.17 Å². The quantitative estimate of drug-likeness (QED) is 0.219. The summed E-state index contributed by atoms with van der Waals surface area (Å²) in [7, 11) is 2.06. The number of aryl methyl sites for hydroxylation is 1. The third kappa shape index (κ3) is 3.56. The number of allylic oxidation sites excluding steroid dienone is 1. The second kappa shape index (κ2) is 8.83. The number of nitrogens with zero attached hydrogens (tertiary/aromatic N) is 1. The fourth-order valence-corrected chi connectivity index (χ4v) is 7.25. The zero-order valence-electron chi connectivity index (χ0n) is 24.4. The maximum absolute atomic E-state index is 8.99. The molecule has 0 amide bonds. The monoisotopic (exact) mass is 501 g/mol. The van der Waals surface area contributed by atoms with E-state index in [1.165, 1.54) is 91.9 Å². The van der Waals surface area contributed by atoms with Crippen LogP contribution in [-0.2, 0) is 13.5 Å². The standard InChI is InChI=1S/C36H38NO/c1-21(2)16-28-29-20-25(18-24-10-6-7-11-24)19-26-14-15-37(5)35(33(26)29)34(28)32-23(4)22(3)17-30-27-12-8-9-13-31(27)38-36(30)32/h8-9,12-15,17,19-21,24H,6-7,10-11,16,18H2,1-5H3/q+1/i15D. The molecule has 0 aliphatic heterocycles. The van der Waals surface area contributed by atoms with Crippen molar-refractivity contribution in [3.8, 4) is 0 Å². The molecule has 0 unspecified atom stereocenters. The third-order valence-corrected chi connectivity index (χ3v) is 9.13. The van der Waals surface area contributed by atoms with Gasteiger partial charge in [0, 0.05) is 22.4 Å². The van der Waals surface area contributed by atoms with Gasteiger partial charge in [0.25, 0.3) is 0 Å². The Bertz CT molecular complexity index is 1830. The number of hydrogen-bond donors (Lipinski definition) is 0. The Labute approximate surface area is 227 Å². The van der Waals surface area contributed by atoms with Gasteiger partial charge in [0.2, 0.25) is 5.69 Å². The Balaban J connectivity index is 1.58. The minimum Gasteiger partial charge on any atom is -0.455 e. The molecule has 0 bridgehead atoms. The Morgan fingerprint density at radius 2 is 1.82 bits per heavy atom. The van der Waals surface area contributed by atoms with E-state index < -0.39 is 0 Å². The first-order valence-corrected chi connectivity index (χ1v) is 14.4. The zero-order chi connectivity index (χ0) is 27.0. The number of para-hydroxylation sites is 1. The number of fused-ring (bicyclic) bond motifs is 3. The van der Waals surface area contributed by atoms with Crippen molar-refractivity contribution in [1.29, 1.82) is 0 Å². The van der Waals surface area contributed by atoms with Gasteiger partial charge in [0.05, 0.1) is 11.0 Å². The van der Waals surface area contributed by atoms with Crippen LogP contribution in [0, 0.1) is 25.7 Å². The predicted octanol–water partition coefficient (Wildman–Crippen LogP) is 9.23. The SMILES string of the molecule is [2H]c1cc2cc(CC3CCCC3)cc3c2c([n+]1C)C(c1c(C)c(C)cc2c1oc1ccccc12)=C3CC(C)C. The second-order valence-corrected chi connectivity index (χ2v) is 12.3. The first-order valence-electron chi connectivity index (χ1n) is 14.9. The van der Waals surface area contributed by atoms with E-state index >= 15 is 0 Å². The summed E-state index contributed by atoms with van der Waals surface area (Å²) >= 11 is 0. The van der Waals surface area contributed by atoms with Crippen LogP contribution < -0.4 is 4.57 Å². The summed E-state index contributed by atoms with van der Waals surface area (Å²) in [6, 6.07) is 17.7. The lowest BCUT2D eigenvalue weighted by molar-refractivity contribution is -0.672. The molecule has 2 aliphatic carbocycles. The maximum Gasteiger partial charge on any atom is 0.221 e. The average Bonchev–Trinajstić information content (AvgIpc) is 3.61. The largest absolute Gasteiger partial charge is 0.455 e. The molecule has 3 aromatic carbocycles. The summed E-state index contributed by atoms with van der Waals surface area (Å²) in [4.78, 5) is 0. The van der Waals surface area contributed by atoms with E-state index in [2.05, 4.69) is 87.8 Å². The molecule has 0 radical (unpaired) electrons. The Morgan fingerprint density at radius 1 is 1.03 bits per heavy atom. The number of aromatic nitrogens is 1. The normalized spacial score (nSPS) is 16.2.